The maximum atomic E-state index is 12.3. The summed E-state index contributed by atoms with van der Waals surface area (Å²) in [5.74, 6) is 0. The van der Waals surface area contributed by atoms with Crippen LogP contribution >= 0.6 is 0 Å². The number of benzene rings is 1. The summed E-state index contributed by atoms with van der Waals surface area (Å²) in [6.07, 6.45) is 2.89. The van der Waals surface area contributed by atoms with E-state index in [1.165, 1.54) is 12.4 Å². The summed E-state index contributed by atoms with van der Waals surface area (Å²) in [7, 11) is -3.56. The van der Waals surface area contributed by atoms with Gasteiger partial charge >= 0.3 is 0 Å². The van der Waals surface area contributed by atoms with Gasteiger partial charge in [0.1, 0.15) is 0 Å². The first-order valence-electron chi connectivity index (χ1n) is 5.26. The molecule has 0 atom stereocenters. The van der Waals surface area contributed by atoms with Gasteiger partial charge in [0.25, 0.3) is 10.0 Å². The highest BCUT2D eigenvalue weighted by Crippen LogP contribution is 2.21. The van der Waals surface area contributed by atoms with Gasteiger partial charge in [-0.3, -0.25) is 0 Å². The van der Waals surface area contributed by atoms with Gasteiger partial charge in [-0.15, -0.1) is 0 Å². The van der Waals surface area contributed by atoms with Crippen LogP contribution in [-0.4, -0.2) is 17.6 Å². The quantitative estimate of drug-likeness (QED) is 0.819. The Hall–Kier alpha value is -1.62. The van der Waals surface area contributed by atoms with Gasteiger partial charge in [0.2, 0.25) is 0 Å². The third kappa shape index (κ3) is 1.98. The summed E-state index contributed by atoms with van der Waals surface area (Å²) in [6, 6.07) is 5.17. The van der Waals surface area contributed by atoms with Crippen molar-refractivity contribution in [2.45, 2.75) is 25.7 Å². The molecule has 90 valence electrons. The smallest absolute Gasteiger partial charge is 0.199 e. The molecule has 0 unspecified atom stereocenters. The van der Waals surface area contributed by atoms with Crippen molar-refractivity contribution >= 4 is 10.0 Å². The average molecular weight is 250 g/mol. The van der Waals surface area contributed by atoms with Gasteiger partial charge in [0.15, 0.2) is 0 Å². The Morgan fingerprint density at radius 1 is 1.06 bits per heavy atom. The normalized spacial score (nSPS) is 11.7. The number of rotatable bonds is 2. The van der Waals surface area contributed by atoms with Crippen molar-refractivity contribution in [3.8, 4) is 0 Å². The second-order valence-electron chi connectivity index (χ2n) is 4.09. The van der Waals surface area contributed by atoms with Crippen molar-refractivity contribution in [3.05, 3.63) is 47.3 Å². The van der Waals surface area contributed by atoms with Crippen molar-refractivity contribution in [2.24, 2.45) is 0 Å². The Morgan fingerprint density at radius 2 is 1.71 bits per heavy atom. The third-order valence-corrected chi connectivity index (χ3v) is 4.50. The first kappa shape index (κ1) is 11.9. The Morgan fingerprint density at radius 3 is 2.29 bits per heavy atom. The van der Waals surface area contributed by atoms with Crippen LogP contribution in [0, 0.1) is 20.8 Å². The monoisotopic (exact) mass is 250 g/mol. The van der Waals surface area contributed by atoms with Crippen LogP contribution in [0.25, 0.3) is 0 Å². The first-order valence-corrected chi connectivity index (χ1v) is 6.70. The summed E-state index contributed by atoms with van der Waals surface area (Å²) < 4.78 is 25.5. The maximum Gasteiger partial charge on any atom is 0.283 e. The van der Waals surface area contributed by atoms with E-state index in [-0.39, 0.29) is 0 Å². The van der Waals surface area contributed by atoms with Crippen molar-refractivity contribution < 1.29 is 8.42 Å². The number of hydrogen-bond acceptors (Lipinski definition) is 3. The molecule has 0 N–H and O–H groups in total. The van der Waals surface area contributed by atoms with E-state index in [9.17, 15) is 8.42 Å². The van der Waals surface area contributed by atoms with Gasteiger partial charge in [-0.2, -0.15) is 17.6 Å². The molecule has 2 aromatic rings. The lowest BCUT2D eigenvalue weighted by atomic mass is 10.1. The average Bonchev–Trinajstić information content (AvgIpc) is 2.77. The van der Waals surface area contributed by atoms with Gasteiger partial charge < -0.3 is 0 Å². The molecule has 17 heavy (non-hydrogen) atoms. The predicted molar refractivity (Wildman–Crippen MR) is 65.5 cm³/mol. The van der Waals surface area contributed by atoms with Crippen molar-refractivity contribution in [1.29, 1.82) is 0 Å². The minimum absolute atomic E-state index is 0.310. The Kier molecular flexibility index (Phi) is 2.79. The summed E-state index contributed by atoms with van der Waals surface area (Å²) >= 11 is 0. The minimum atomic E-state index is -3.56. The Bertz CT molecular complexity index is 643. The van der Waals surface area contributed by atoms with Crippen LogP contribution in [0.5, 0.6) is 0 Å². The molecule has 5 heteroatoms. The predicted octanol–water partition coefficient (Wildman–Crippen LogP) is 2.05. The second kappa shape index (κ2) is 4.00. The molecule has 0 bridgehead atoms. The largest absolute Gasteiger partial charge is 0.283 e. The van der Waals surface area contributed by atoms with E-state index < -0.39 is 10.0 Å². The van der Waals surface area contributed by atoms with E-state index >= 15 is 0 Å². The lowest BCUT2D eigenvalue weighted by Gasteiger charge is -2.10. The van der Waals surface area contributed by atoms with E-state index in [2.05, 4.69) is 5.10 Å². The van der Waals surface area contributed by atoms with Crippen LogP contribution in [0.1, 0.15) is 16.7 Å². The zero-order valence-electron chi connectivity index (χ0n) is 10.0. The summed E-state index contributed by atoms with van der Waals surface area (Å²) in [5, 5.41) is 3.79. The standard InChI is InChI=1S/C12H14N2O2S/c1-9-7-11(3)12(8-10(9)2)17(15,16)14-6-4-5-13-14/h4-8H,1-3H3. The SMILES string of the molecule is Cc1cc(C)c(S(=O)(=O)n2cccn2)cc1C. The molecule has 0 radical (unpaired) electrons. The van der Waals surface area contributed by atoms with Gasteiger partial charge in [-0.25, -0.2) is 0 Å². The van der Waals surface area contributed by atoms with Crippen LogP contribution in [0.2, 0.25) is 0 Å². The van der Waals surface area contributed by atoms with Gasteiger partial charge in [-0.05, 0) is 49.6 Å². The molecule has 1 heterocycles. The molecule has 0 saturated heterocycles. The molecule has 0 amide bonds. The van der Waals surface area contributed by atoms with Crippen LogP contribution in [-0.2, 0) is 10.0 Å². The fourth-order valence-corrected chi connectivity index (χ4v) is 3.11. The molecule has 2 rings (SSSR count). The molecule has 4 nitrogen and oxygen atoms in total. The Balaban J connectivity index is 2.67. The van der Waals surface area contributed by atoms with Gasteiger partial charge in [0.05, 0.1) is 11.1 Å². The van der Waals surface area contributed by atoms with E-state index in [1.54, 1.807) is 19.1 Å². The third-order valence-electron chi connectivity index (χ3n) is 2.80. The zero-order chi connectivity index (χ0) is 12.6. The fourth-order valence-electron chi connectivity index (χ4n) is 1.71. The highest BCUT2D eigenvalue weighted by molar-refractivity contribution is 7.89. The van der Waals surface area contributed by atoms with Crippen molar-refractivity contribution in [1.82, 2.24) is 9.19 Å². The summed E-state index contributed by atoms with van der Waals surface area (Å²) in [4.78, 5) is 0.310. The lowest BCUT2D eigenvalue weighted by Crippen LogP contribution is -2.15. The molecule has 0 aliphatic heterocycles. The van der Waals surface area contributed by atoms with Crippen LogP contribution in [0.4, 0.5) is 0 Å². The number of aromatic nitrogens is 2. The first-order chi connectivity index (χ1) is 7.93. The van der Waals surface area contributed by atoms with Crippen molar-refractivity contribution in [2.75, 3.05) is 0 Å². The zero-order valence-corrected chi connectivity index (χ0v) is 10.8. The fraction of sp³-hybridized carbons (Fsp3) is 0.250. The molecule has 1 aromatic carbocycles. The molecule has 1 aromatic heterocycles. The Labute approximate surface area is 101 Å². The second-order valence-corrected chi connectivity index (χ2v) is 5.85. The minimum Gasteiger partial charge on any atom is -0.199 e. The highest BCUT2D eigenvalue weighted by Gasteiger charge is 2.20. The molecule has 0 aliphatic rings. The maximum absolute atomic E-state index is 12.3. The summed E-state index contributed by atoms with van der Waals surface area (Å²) in [5.41, 5.74) is 2.78. The molecular weight excluding hydrogens is 236 g/mol. The van der Waals surface area contributed by atoms with E-state index in [0.717, 1.165) is 20.8 Å². The van der Waals surface area contributed by atoms with Crippen molar-refractivity contribution in [3.63, 3.8) is 0 Å². The molecule has 0 fully saturated rings. The van der Waals surface area contributed by atoms with Crippen LogP contribution in [0.3, 0.4) is 0 Å². The number of nitrogens with zero attached hydrogens (tertiary/aromatic N) is 2. The van der Waals surface area contributed by atoms with Gasteiger partial charge in [0, 0.05) is 6.20 Å². The number of hydrogen-bond donors (Lipinski definition) is 0. The van der Waals surface area contributed by atoms with E-state index in [4.69, 9.17) is 0 Å². The van der Waals surface area contributed by atoms with E-state index in [0.29, 0.717) is 4.90 Å². The van der Waals surface area contributed by atoms with E-state index in [1.807, 2.05) is 19.9 Å². The summed E-state index contributed by atoms with van der Waals surface area (Å²) in [6.45, 7) is 5.66. The molecule has 0 spiro atoms. The van der Waals surface area contributed by atoms with Gasteiger partial charge in [-0.1, -0.05) is 6.07 Å². The van der Waals surface area contributed by atoms with Crippen LogP contribution in [0.15, 0.2) is 35.5 Å². The number of aryl methyl sites for hydroxylation is 3. The molecule has 0 saturated carbocycles. The van der Waals surface area contributed by atoms with Crippen LogP contribution < -0.4 is 0 Å². The highest BCUT2D eigenvalue weighted by atomic mass is 32.2. The lowest BCUT2D eigenvalue weighted by molar-refractivity contribution is 0.579. The topological polar surface area (TPSA) is 52.0 Å². The molecule has 0 aliphatic carbocycles. The molecular formula is C12H14N2O2S.